The van der Waals surface area contributed by atoms with Gasteiger partial charge in [-0.05, 0) is 43.4 Å². The first kappa shape index (κ1) is 14.3. The average molecular weight is 253 g/mol. The molecule has 0 aromatic heterocycles. The van der Waals surface area contributed by atoms with Gasteiger partial charge < -0.3 is 10.1 Å². The van der Waals surface area contributed by atoms with Gasteiger partial charge in [-0.2, -0.15) is 0 Å². The van der Waals surface area contributed by atoms with E-state index in [0.717, 1.165) is 5.92 Å². The first-order valence-corrected chi connectivity index (χ1v) is 7.81. The molecule has 4 atom stereocenters. The van der Waals surface area contributed by atoms with Crippen LogP contribution in [0.2, 0.25) is 0 Å². The van der Waals surface area contributed by atoms with Crippen molar-refractivity contribution in [1.29, 1.82) is 0 Å². The highest BCUT2D eigenvalue weighted by atomic mass is 16.5. The van der Waals surface area contributed by atoms with Crippen LogP contribution in [-0.2, 0) is 4.74 Å². The predicted molar refractivity (Wildman–Crippen MR) is 76.8 cm³/mol. The van der Waals surface area contributed by atoms with Crippen LogP contribution >= 0.6 is 0 Å². The molecule has 2 rings (SSSR count). The van der Waals surface area contributed by atoms with E-state index in [0.29, 0.717) is 23.6 Å². The van der Waals surface area contributed by atoms with Gasteiger partial charge in [0.15, 0.2) is 0 Å². The van der Waals surface area contributed by atoms with Crippen LogP contribution in [-0.4, -0.2) is 25.3 Å². The summed E-state index contributed by atoms with van der Waals surface area (Å²) < 4.78 is 5.62. The van der Waals surface area contributed by atoms with Crippen molar-refractivity contribution in [2.24, 2.45) is 11.3 Å². The fraction of sp³-hybridized carbons (Fsp3) is 1.00. The molecule has 0 bridgehead atoms. The lowest BCUT2D eigenvalue weighted by Crippen LogP contribution is -2.50. The van der Waals surface area contributed by atoms with Crippen molar-refractivity contribution in [2.45, 2.75) is 83.9 Å². The highest BCUT2D eigenvalue weighted by molar-refractivity contribution is 4.93. The Kier molecular flexibility index (Phi) is 4.71. The monoisotopic (exact) mass is 253 g/mol. The number of hydrogen-bond acceptors (Lipinski definition) is 2. The number of ether oxygens (including phenoxy) is 1. The van der Waals surface area contributed by atoms with Crippen LogP contribution < -0.4 is 5.32 Å². The normalized spacial score (nSPS) is 38.0. The standard InChI is InChI=1S/C16H31NO/c1-16(2,3)12-8-5-6-9-13(12)17-14-10-7-11-15(14)18-4/h12-15,17H,5-11H2,1-4H3. The zero-order valence-electron chi connectivity index (χ0n) is 12.7. The summed E-state index contributed by atoms with van der Waals surface area (Å²) in [6, 6.07) is 1.31. The van der Waals surface area contributed by atoms with Crippen LogP contribution in [0.1, 0.15) is 65.7 Å². The van der Waals surface area contributed by atoms with Crippen LogP contribution in [0.25, 0.3) is 0 Å². The van der Waals surface area contributed by atoms with Crippen molar-refractivity contribution < 1.29 is 4.74 Å². The van der Waals surface area contributed by atoms with Gasteiger partial charge in [-0.1, -0.05) is 33.6 Å². The van der Waals surface area contributed by atoms with Crippen LogP contribution in [0.4, 0.5) is 0 Å². The molecule has 0 spiro atoms. The Bertz CT molecular complexity index is 258. The second kappa shape index (κ2) is 5.92. The zero-order valence-corrected chi connectivity index (χ0v) is 12.7. The first-order valence-electron chi connectivity index (χ1n) is 7.81. The van der Waals surface area contributed by atoms with E-state index in [2.05, 4.69) is 26.1 Å². The number of nitrogens with one attached hydrogen (secondary N) is 1. The van der Waals surface area contributed by atoms with E-state index in [9.17, 15) is 0 Å². The van der Waals surface area contributed by atoms with Gasteiger partial charge in [-0.15, -0.1) is 0 Å². The lowest BCUT2D eigenvalue weighted by molar-refractivity contribution is 0.0608. The van der Waals surface area contributed by atoms with Crippen molar-refractivity contribution in [3.63, 3.8) is 0 Å². The third-order valence-electron chi connectivity index (χ3n) is 5.06. The lowest BCUT2D eigenvalue weighted by atomic mass is 9.69. The fourth-order valence-corrected chi connectivity index (χ4v) is 4.04. The SMILES string of the molecule is COC1CCCC1NC1CCCCC1C(C)(C)C. The van der Waals surface area contributed by atoms with E-state index in [1.807, 2.05) is 7.11 Å². The summed E-state index contributed by atoms with van der Waals surface area (Å²) in [5.41, 5.74) is 0.430. The van der Waals surface area contributed by atoms with E-state index in [4.69, 9.17) is 4.74 Å². The maximum absolute atomic E-state index is 5.62. The Labute approximate surface area is 113 Å². The second-order valence-electron chi connectivity index (χ2n) is 7.34. The highest BCUT2D eigenvalue weighted by Crippen LogP contribution is 2.38. The zero-order chi connectivity index (χ0) is 13.2. The average Bonchev–Trinajstić information content (AvgIpc) is 2.75. The van der Waals surface area contributed by atoms with E-state index in [1.54, 1.807) is 0 Å². The minimum Gasteiger partial charge on any atom is -0.380 e. The molecule has 2 heteroatoms. The van der Waals surface area contributed by atoms with Gasteiger partial charge in [-0.25, -0.2) is 0 Å². The molecule has 0 aliphatic heterocycles. The molecule has 2 nitrogen and oxygen atoms in total. The van der Waals surface area contributed by atoms with Crippen molar-refractivity contribution in [3.05, 3.63) is 0 Å². The molecule has 0 aromatic carbocycles. The Balaban J connectivity index is 1.97. The van der Waals surface area contributed by atoms with Gasteiger partial charge in [0, 0.05) is 19.2 Å². The molecule has 4 unspecified atom stereocenters. The molecule has 2 saturated carbocycles. The quantitative estimate of drug-likeness (QED) is 0.827. The largest absolute Gasteiger partial charge is 0.380 e. The van der Waals surface area contributed by atoms with Crippen molar-refractivity contribution in [2.75, 3.05) is 7.11 Å². The summed E-state index contributed by atoms with van der Waals surface area (Å²) in [5.74, 6) is 0.823. The maximum atomic E-state index is 5.62. The minimum atomic E-state index is 0.430. The van der Waals surface area contributed by atoms with Gasteiger partial charge in [0.1, 0.15) is 0 Å². The number of rotatable bonds is 3. The molecule has 1 N–H and O–H groups in total. The summed E-state index contributed by atoms with van der Waals surface area (Å²) in [6.07, 6.45) is 9.87. The van der Waals surface area contributed by atoms with Crippen LogP contribution in [0.5, 0.6) is 0 Å². The van der Waals surface area contributed by atoms with Gasteiger partial charge >= 0.3 is 0 Å². The summed E-state index contributed by atoms with van der Waals surface area (Å²) in [4.78, 5) is 0. The van der Waals surface area contributed by atoms with Crippen LogP contribution in [0.3, 0.4) is 0 Å². The molecule has 0 radical (unpaired) electrons. The molecule has 2 fully saturated rings. The molecule has 0 aromatic rings. The van der Waals surface area contributed by atoms with Gasteiger partial charge in [-0.3, -0.25) is 0 Å². The maximum Gasteiger partial charge on any atom is 0.0724 e. The summed E-state index contributed by atoms with van der Waals surface area (Å²) in [7, 11) is 1.87. The third-order valence-corrected chi connectivity index (χ3v) is 5.06. The fourth-order valence-electron chi connectivity index (χ4n) is 4.04. The molecule has 0 heterocycles. The highest BCUT2D eigenvalue weighted by Gasteiger charge is 2.37. The van der Waals surface area contributed by atoms with Crippen LogP contribution in [0.15, 0.2) is 0 Å². The van der Waals surface area contributed by atoms with Gasteiger partial charge in [0.2, 0.25) is 0 Å². The second-order valence-corrected chi connectivity index (χ2v) is 7.34. The topological polar surface area (TPSA) is 21.3 Å². The van der Waals surface area contributed by atoms with Gasteiger partial charge in [0.05, 0.1) is 6.10 Å². The molecular weight excluding hydrogens is 222 g/mol. The smallest absolute Gasteiger partial charge is 0.0724 e. The molecule has 0 saturated heterocycles. The molecule has 18 heavy (non-hydrogen) atoms. The Morgan fingerprint density at radius 2 is 1.56 bits per heavy atom. The predicted octanol–water partition coefficient (Wildman–Crippen LogP) is 3.75. The van der Waals surface area contributed by atoms with Crippen molar-refractivity contribution in [1.82, 2.24) is 5.32 Å². The minimum absolute atomic E-state index is 0.430. The van der Waals surface area contributed by atoms with E-state index >= 15 is 0 Å². The molecule has 2 aliphatic rings. The molecule has 2 aliphatic carbocycles. The third kappa shape index (κ3) is 3.27. The van der Waals surface area contributed by atoms with Crippen molar-refractivity contribution in [3.8, 4) is 0 Å². The number of hydrogen-bond donors (Lipinski definition) is 1. The summed E-state index contributed by atoms with van der Waals surface area (Å²) in [5, 5.41) is 3.95. The lowest BCUT2D eigenvalue weighted by Gasteiger charge is -2.42. The Morgan fingerprint density at radius 1 is 0.889 bits per heavy atom. The van der Waals surface area contributed by atoms with Gasteiger partial charge in [0.25, 0.3) is 0 Å². The van der Waals surface area contributed by atoms with E-state index in [-0.39, 0.29) is 0 Å². The molecule has 106 valence electrons. The van der Waals surface area contributed by atoms with E-state index < -0.39 is 0 Å². The first-order chi connectivity index (χ1) is 8.52. The van der Waals surface area contributed by atoms with Crippen molar-refractivity contribution >= 4 is 0 Å². The van der Waals surface area contributed by atoms with E-state index in [1.165, 1.54) is 44.9 Å². The molecular formula is C16H31NO. The molecule has 0 amide bonds. The summed E-state index contributed by atoms with van der Waals surface area (Å²) >= 11 is 0. The Morgan fingerprint density at radius 3 is 2.22 bits per heavy atom. The number of methoxy groups -OCH3 is 1. The Hall–Kier alpha value is -0.0800. The van der Waals surface area contributed by atoms with Crippen LogP contribution in [0, 0.1) is 11.3 Å². The summed E-state index contributed by atoms with van der Waals surface area (Å²) in [6.45, 7) is 7.21.